The van der Waals surface area contributed by atoms with Crippen molar-refractivity contribution in [2.75, 3.05) is 13.2 Å². The average molecular weight is 317 g/mol. The van der Waals surface area contributed by atoms with Crippen molar-refractivity contribution in [2.45, 2.75) is 68.0 Å². The van der Waals surface area contributed by atoms with E-state index in [0.717, 1.165) is 0 Å². The van der Waals surface area contributed by atoms with Crippen LogP contribution in [0.15, 0.2) is 0 Å². The van der Waals surface area contributed by atoms with E-state index in [4.69, 9.17) is 4.74 Å². The molecule has 0 saturated heterocycles. The van der Waals surface area contributed by atoms with Crippen molar-refractivity contribution in [1.82, 2.24) is 5.32 Å². The number of halogens is 1. The van der Waals surface area contributed by atoms with Crippen molar-refractivity contribution in [1.29, 1.82) is 0 Å². The highest BCUT2D eigenvalue weighted by molar-refractivity contribution is 5.85. The lowest BCUT2D eigenvalue weighted by Crippen LogP contribution is -2.40. The van der Waals surface area contributed by atoms with Crippen LogP contribution in [0.5, 0.6) is 0 Å². The Morgan fingerprint density at radius 1 is 1.05 bits per heavy atom. The van der Waals surface area contributed by atoms with Crippen molar-refractivity contribution in [2.24, 2.45) is 16.2 Å². The Hall–Kier alpha value is -1.13. The molecule has 0 aromatic rings. The molecule has 0 saturated carbocycles. The van der Waals surface area contributed by atoms with E-state index in [1.165, 1.54) is 0 Å². The van der Waals surface area contributed by atoms with Gasteiger partial charge in [-0.3, -0.25) is 4.79 Å². The molecule has 0 fully saturated rings. The van der Waals surface area contributed by atoms with Gasteiger partial charge in [0.05, 0.1) is 13.2 Å². The van der Waals surface area contributed by atoms with E-state index >= 15 is 0 Å². The molecule has 1 amide bonds. The van der Waals surface area contributed by atoms with Gasteiger partial charge in [-0.05, 0) is 10.8 Å². The van der Waals surface area contributed by atoms with Crippen LogP contribution in [0.1, 0.15) is 61.8 Å². The van der Waals surface area contributed by atoms with Crippen molar-refractivity contribution in [3.8, 4) is 0 Å². The Morgan fingerprint density at radius 2 is 1.55 bits per heavy atom. The Balaban J connectivity index is 4.28. The zero-order valence-electron chi connectivity index (χ0n) is 15.3. The lowest BCUT2D eigenvalue weighted by atomic mass is 9.66. The number of ether oxygens (including phenoxy) is 1. The minimum atomic E-state index is -1.41. The van der Waals surface area contributed by atoms with Crippen LogP contribution < -0.4 is 5.32 Å². The molecule has 0 spiro atoms. The Bertz CT molecular complexity index is 392. The maximum atomic E-state index is 13.9. The van der Waals surface area contributed by atoms with Crippen LogP contribution in [0.25, 0.3) is 0 Å². The van der Waals surface area contributed by atoms with Crippen molar-refractivity contribution in [3.05, 3.63) is 0 Å². The second-order valence-electron chi connectivity index (χ2n) is 8.62. The number of amides is 1. The molecule has 0 radical (unpaired) electrons. The van der Waals surface area contributed by atoms with Crippen LogP contribution in [0.4, 0.5) is 9.18 Å². The second kappa shape index (κ2) is 7.42. The Labute approximate surface area is 134 Å². The summed E-state index contributed by atoms with van der Waals surface area (Å²) in [6, 6.07) is 0. The van der Waals surface area contributed by atoms with Gasteiger partial charge in [-0.1, -0.05) is 55.4 Å². The first kappa shape index (κ1) is 20.9. The topological polar surface area (TPSA) is 55.4 Å². The van der Waals surface area contributed by atoms with E-state index in [0.29, 0.717) is 0 Å². The van der Waals surface area contributed by atoms with Crippen molar-refractivity contribution >= 4 is 11.9 Å². The fraction of sp³-hybridized carbons (Fsp3) is 0.882. The maximum absolute atomic E-state index is 13.9. The first-order valence-corrected chi connectivity index (χ1v) is 7.75. The molecule has 130 valence electrons. The quantitative estimate of drug-likeness (QED) is 0.801. The molecule has 0 heterocycles. The third-order valence-corrected chi connectivity index (χ3v) is 4.08. The molecule has 0 aliphatic carbocycles. The van der Waals surface area contributed by atoms with E-state index in [2.05, 4.69) is 5.32 Å². The standard InChI is InChI=1S/C17H32FNO3/c1-15(2,3)11-22-14(21)19-10-12(18)9-13(20)17(7,8)16(4,5)6/h12H,9-11H2,1-8H3,(H,19,21)/t12-/m0/s1. The summed E-state index contributed by atoms with van der Waals surface area (Å²) >= 11 is 0. The molecular formula is C17H32FNO3. The highest BCUT2D eigenvalue weighted by atomic mass is 19.1. The summed E-state index contributed by atoms with van der Waals surface area (Å²) in [5, 5.41) is 2.36. The largest absolute Gasteiger partial charge is 0.449 e. The Kier molecular flexibility index (Phi) is 7.04. The van der Waals surface area contributed by atoms with E-state index in [9.17, 15) is 14.0 Å². The van der Waals surface area contributed by atoms with E-state index in [1.807, 2.05) is 55.4 Å². The summed E-state index contributed by atoms with van der Waals surface area (Å²) < 4.78 is 18.9. The highest BCUT2D eigenvalue weighted by Gasteiger charge is 2.40. The summed E-state index contributed by atoms with van der Waals surface area (Å²) in [6.45, 7) is 15.4. The summed E-state index contributed by atoms with van der Waals surface area (Å²) in [5.41, 5.74) is -1.01. The van der Waals surface area contributed by atoms with E-state index in [-0.39, 0.29) is 36.2 Å². The average Bonchev–Trinajstić information content (AvgIpc) is 2.31. The molecule has 5 heteroatoms. The molecule has 0 aromatic heterocycles. The van der Waals surface area contributed by atoms with Crippen LogP contribution >= 0.6 is 0 Å². The summed E-state index contributed by atoms with van der Waals surface area (Å²) in [5.74, 6) is -0.141. The third-order valence-electron chi connectivity index (χ3n) is 4.08. The smallest absolute Gasteiger partial charge is 0.407 e. The number of carbonyl (C=O) groups excluding carboxylic acids is 2. The predicted molar refractivity (Wildman–Crippen MR) is 86.6 cm³/mol. The summed E-state index contributed by atoms with van der Waals surface area (Å²) in [7, 11) is 0. The minimum Gasteiger partial charge on any atom is -0.449 e. The van der Waals surface area contributed by atoms with Crippen molar-refractivity contribution in [3.63, 3.8) is 0 Å². The number of ketones is 1. The minimum absolute atomic E-state index is 0.140. The molecule has 22 heavy (non-hydrogen) atoms. The van der Waals surface area contributed by atoms with Gasteiger partial charge in [-0.15, -0.1) is 0 Å². The molecule has 0 rings (SSSR count). The van der Waals surface area contributed by atoms with Crippen LogP contribution in [-0.2, 0) is 9.53 Å². The van der Waals surface area contributed by atoms with Gasteiger partial charge < -0.3 is 10.1 Å². The second-order valence-corrected chi connectivity index (χ2v) is 8.62. The molecule has 0 unspecified atom stereocenters. The maximum Gasteiger partial charge on any atom is 0.407 e. The number of hydrogen-bond donors (Lipinski definition) is 1. The zero-order chi connectivity index (χ0) is 17.8. The Morgan fingerprint density at radius 3 is 1.95 bits per heavy atom. The number of carbonyl (C=O) groups is 2. The molecular weight excluding hydrogens is 285 g/mol. The van der Waals surface area contributed by atoms with Gasteiger partial charge in [0.2, 0.25) is 0 Å². The fourth-order valence-electron chi connectivity index (χ4n) is 1.47. The van der Waals surface area contributed by atoms with Gasteiger partial charge in [0.1, 0.15) is 12.0 Å². The number of alkyl halides is 1. The lowest BCUT2D eigenvalue weighted by Gasteiger charge is -2.37. The van der Waals surface area contributed by atoms with Crippen LogP contribution in [0.3, 0.4) is 0 Å². The van der Waals surface area contributed by atoms with Gasteiger partial charge in [0, 0.05) is 11.8 Å². The monoisotopic (exact) mass is 317 g/mol. The summed E-state index contributed by atoms with van der Waals surface area (Å²) in [4.78, 5) is 23.7. The molecule has 1 N–H and O–H groups in total. The number of rotatable bonds is 6. The van der Waals surface area contributed by atoms with Gasteiger partial charge in [0.25, 0.3) is 0 Å². The van der Waals surface area contributed by atoms with Gasteiger partial charge in [-0.2, -0.15) is 0 Å². The fourth-order valence-corrected chi connectivity index (χ4v) is 1.47. The first-order chi connectivity index (χ1) is 9.67. The lowest BCUT2D eigenvalue weighted by molar-refractivity contribution is -0.133. The molecule has 4 nitrogen and oxygen atoms in total. The number of alkyl carbamates (subject to hydrolysis) is 1. The molecule has 1 atom stereocenters. The predicted octanol–water partition coefficient (Wildman–Crippen LogP) is 4.13. The van der Waals surface area contributed by atoms with Crippen LogP contribution in [0.2, 0.25) is 0 Å². The van der Waals surface area contributed by atoms with Crippen LogP contribution in [-0.4, -0.2) is 31.2 Å². The molecule has 0 bridgehead atoms. The highest BCUT2D eigenvalue weighted by Crippen LogP contribution is 2.39. The number of Topliss-reactive ketones (excluding diaryl/α,β-unsaturated/α-hetero) is 1. The molecule has 0 aliphatic rings. The van der Waals surface area contributed by atoms with E-state index < -0.39 is 17.7 Å². The first-order valence-electron chi connectivity index (χ1n) is 7.75. The van der Waals surface area contributed by atoms with Gasteiger partial charge in [-0.25, -0.2) is 9.18 Å². The van der Waals surface area contributed by atoms with Gasteiger partial charge in [0.15, 0.2) is 0 Å². The summed E-state index contributed by atoms with van der Waals surface area (Å²) in [6.07, 6.45) is -2.26. The SMILES string of the molecule is CC(C)(C)COC(=O)NC[C@@H](F)CC(=O)C(C)(C)C(C)(C)C. The van der Waals surface area contributed by atoms with E-state index in [1.54, 1.807) is 0 Å². The molecule has 0 aliphatic heterocycles. The van der Waals surface area contributed by atoms with Crippen molar-refractivity contribution < 1.29 is 18.7 Å². The van der Waals surface area contributed by atoms with Crippen LogP contribution in [0, 0.1) is 16.2 Å². The normalized spacial score (nSPS) is 14.4. The zero-order valence-corrected chi connectivity index (χ0v) is 15.3. The molecule has 0 aromatic carbocycles. The van der Waals surface area contributed by atoms with Gasteiger partial charge >= 0.3 is 6.09 Å². The third kappa shape index (κ3) is 7.23. The number of hydrogen-bond acceptors (Lipinski definition) is 3. The number of nitrogens with one attached hydrogen (secondary N) is 1.